The molecule has 172 valence electrons. The number of rotatable bonds is 3. The summed E-state index contributed by atoms with van der Waals surface area (Å²) in [5, 5.41) is 4.43. The van der Waals surface area contributed by atoms with E-state index < -0.39 is 18.0 Å². The predicted octanol–water partition coefficient (Wildman–Crippen LogP) is 5.06. The van der Waals surface area contributed by atoms with E-state index in [-0.39, 0.29) is 22.3 Å². The van der Waals surface area contributed by atoms with Gasteiger partial charge < -0.3 is 4.84 Å². The first-order valence-electron chi connectivity index (χ1n) is 9.98. The summed E-state index contributed by atoms with van der Waals surface area (Å²) in [7, 11) is 1.62. The summed E-state index contributed by atoms with van der Waals surface area (Å²) in [5.74, 6) is -2.89. The van der Waals surface area contributed by atoms with Crippen molar-refractivity contribution in [3.63, 3.8) is 0 Å². The van der Waals surface area contributed by atoms with E-state index in [0.29, 0.717) is 22.5 Å². The molecule has 0 saturated heterocycles. The fraction of sp³-hybridized carbons (Fsp3) is 0.261. The number of nitrogens with zero attached hydrogens (tertiary/aromatic N) is 4. The van der Waals surface area contributed by atoms with E-state index in [0.717, 1.165) is 4.73 Å². The van der Waals surface area contributed by atoms with Crippen LogP contribution in [0.4, 0.5) is 17.6 Å². The summed E-state index contributed by atoms with van der Waals surface area (Å²) in [6.07, 6.45) is -5.20. The summed E-state index contributed by atoms with van der Waals surface area (Å²) in [6, 6.07) is 12.3. The molecular formula is C23H20F4N4O2. The monoisotopic (exact) mass is 460 g/mol. The largest absolute Gasteiger partial charge is 0.493 e. The van der Waals surface area contributed by atoms with Gasteiger partial charge in [-0.05, 0) is 29.8 Å². The van der Waals surface area contributed by atoms with Crippen molar-refractivity contribution < 1.29 is 27.2 Å². The first kappa shape index (κ1) is 22.5. The number of imidazole rings is 1. The molecular weight excluding hydrogens is 440 g/mol. The topological polar surface area (TPSA) is 61.9 Å². The SMILES string of the molecule is Cn1nc(C(C)(C)C)cc1-c1nc2cc(-c3ccccc3F)ccc2n1OC(=O)C(F)(F)F. The molecule has 0 aliphatic carbocycles. The van der Waals surface area contributed by atoms with Crippen LogP contribution in [-0.4, -0.2) is 31.6 Å². The molecule has 0 aliphatic heterocycles. The highest BCUT2D eigenvalue weighted by Crippen LogP contribution is 2.32. The Hall–Kier alpha value is -3.69. The summed E-state index contributed by atoms with van der Waals surface area (Å²) < 4.78 is 55.4. The van der Waals surface area contributed by atoms with E-state index >= 15 is 0 Å². The number of carbonyl (C=O) groups excluding carboxylic acids is 1. The van der Waals surface area contributed by atoms with Gasteiger partial charge in [0.1, 0.15) is 17.0 Å². The van der Waals surface area contributed by atoms with Gasteiger partial charge in [-0.2, -0.15) is 23.0 Å². The number of fused-ring (bicyclic) bond motifs is 1. The Morgan fingerprint density at radius 3 is 2.33 bits per heavy atom. The number of carbonyl (C=O) groups is 1. The maximum atomic E-state index is 14.3. The molecule has 0 bridgehead atoms. The second-order valence-electron chi connectivity index (χ2n) is 8.58. The molecule has 0 fully saturated rings. The standard InChI is InChI=1S/C23H20F4N4O2/c1-22(2,3)19-12-18(30(4)29-19)20-28-16-11-13(14-7-5-6-8-15(14)24)9-10-17(16)31(20)33-21(32)23(25,26)27/h5-12H,1-4H3. The van der Waals surface area contributed by atoms with Crippen LogP contribution in [-0.2, 0) is 17.3 Å². The lowest BCUT2D eigenvalue weighted by molar-refractivity contribution is -0.199. The fourth-order valence-corrected chi connectivity index (χ4v) is 3.35. The van der Waals surface area contributed by atoms with Gasteiger partial charge in [0, 0.05) is 18.0 Å². The highest BCUT2D eigenvalue weighted by molar-refractivity contribution is 5.86. The Morgan fingerprint density at radius 1 is 1.03 bits per heavy atom. The third-order valence-electron chi connectivity index (χ3n) is 5.08. The molecule has 6 nitrogen and oxygen atoms in total. The maximum absolute atomic E-state index is 14.3. The Balaban J connectivity index is 1.93. The van der Waals surface area contributed by atoms with Crippen molar-refractivity contribution in [3.05, 3.63) is 60.0 Å². The van der Waals surface area contributed by atoms with E-state index in [2.05, 4.69) is 10.1 Å². The van der Waals surface area contributed by atoms with Crippen molar-refractivity contribution in [1.82, 2.24) is 19.5 Å². The van der Waals surface area contributed by atoms with Crippen molar-refractivity contribution >= 4 is 17.0 Å². The number of alkyl halides is 3. The number of aryl methyl sites for hydroxylation is 1. The molecule has 2 aromatic carbocycles. The molecule has 0 saturated carbocycles. The van der Waals surface area contributed by atoms with Gasteiger partial charge in [-0.3, -0.25) is 4.68 Å². The van der Waals surface area contributed by atoms with Gasteiger partial charge in [0.2, 0.25) is 0 Å². The van der Waals surface area contributed by atoms with Crippen LogP contribution in [0.15, 0.2) is 48.5 Å². The number of aromatic nitrogens is 4. The average Bonchev–Trinajstić information content (AvgIpc) is 3.27. The molecule has 4 aromatic rings. The van der Waals surface area contributed by atoms with Gasteiger partial charge in [-0.15, -0.1) is 0 Å². The van der Waals surface area contributed by atoms with Gasteiger partial charge >= 0.3 is 12.1 Å². The number of hydrogen-bond acceptors (Lipinski definition) is 4. The minimum atomic E-state index is -5.20. The van der Waals surface area contributed by atoms with Crippen LogP contribution in [0.1, 0.15) is 26.5 Å². The molecule has 2 heterocycles. The molecule has 10 heteroatoms. The predicted molar refractivity (Wildman–Crippen MR) is 114 cm³/mol. The molecule has 33 heavy (non-hydrogen) atoms. The van der Waals surface area contributed by atoms with Crippen LogP contribution in [0, 0.1) is 5.82 Å². The summed E-state index contributed by atoms with van der Waals surface area (Å²) in [6.45, 7) is 5.81. The van der Waals surface area contributed by atoms with Gasteiger partial charge in [0.15, 0.2) is 5.82 Å². The zero-order valence-corrected chi connectivity index (χ0v) is 18.2. The Labute approximate surface area is 186 Å². The minimum Gasteiger partial charge on any atom is -0.326 e. The first-order chi connectivity index (χ1) is 15.4. The van der Waals surface area contributed by atoms with Gasteiger partial charge in [-0.25, -0.2) is 14.2 Å². The maximum Gasteiger partial charge on any atom is 0.493 e. The molecule has 0 atom stereocenters. The third-order valence-corrected chi connectivity index (χ3v) is 5.08. The van der Waals surface area contributed by atoms with Gasteiger partial charge in [0.05, 0.1) is 11.2 Å². The van der Waals surface area contributed by atoms with Crippen molar-refractivity contribution in [2.75, 3.05) is 0 Å². The normalized spacial score (nSPS) is 12.4. The van der Waals surface area contributed by atoms with Crippen molar-refractivity contribution in [2.45, 2.75) is 32.4 Å². The molecule has 4 rings (SSSR count). The Kier molecular flexibility index (Phi) is 5.26. The van der Waals surface area contributed by atoms with Crippen LogP contribution in [0.25, 0.3) is 33.7 Å². The van der Waals surface area contributed by atoms with Crippen molar-refractivity contribution in [1.29, 1.82) is 0 Å². The van der Waals surface area contributed by atoms with Crippen LogP contribution in [0.5, 0.6) is 0 Å². The molecule has 0 spiro atoms. The number of benzene rings is 2. The van der Waals surface area contributed by atoms with E-state index in [9.17, 15) is 22.4 Å². The molecule has 0 amide bonds. The molecule has 0 aliphatic rings. The Bertz CT molecular complexity index is 1360. The van der Waals surface area contributed by atoms with E-state index in [4.69, 9.17) is 4.84 Å². The van der Waals surface area contributed by atoms with Gasteiger partial charge in [-0.1, -0.05) is 45.0 Å². The highest BCUT2D eigenvalue weighted by Gasteiger charge is 2.42. The lowest BCUT2D eigenvalue weighted by atomic mass is 9.92. The number of halogens is 4. The molecule has 0 N–H and O–H groups in total. The average molecular weight is 460 g/mol. The zero-order chi connectivity index (χ0) is 24.1. The quantitative estimate of drug-likeness (QED) is 0.401. The second-order valence-corrected chi connectivity index (χ2v) is 8.58. The first-order valence-corrected chi connectivity index (χ1v) is 9.98. The second kappa shape index (κ2) is 7.72. The van der Waals surface area contributed by atoms with Crippen molar-refractivity contribution in [3.8, 4) is 22.6 Å². The van der Waals surface area contributed by atoms with E-state index in [1.54, 1.807) is 31.3 Å². The van der Waals surface area contributed by atoms with Crippen LogP contribution >= 0.6 is 0 Å². The van der Waals surface area contributed by atoms with E-state index in [1.165, 1.54) is 28.9 Å². The summed E-state index contributed by atoms with van der Waals surface area (Å²) in [4.78, 5) is 20.8. The van der Waals surface area contributed by atoms with Crippen LogP contribution in [0.2, 0.25) is 0 Å². The third kappa shape index (κ3) is 4.20. The zero-order valence-electron chi connectivity index (χ0n) is 18.2. The number of hydrogen-bond donors (Lipinski definition) is 0. The Morgan fingerprint density at radius 2 is 1.73 bits per heavy atom. The lowest BCUT2D eigenvalue weighted by Crippen LogP contribution is -2.33. The smallest absolute Gasteiger partial charge is 0.326 e. The van der Waals surface area contributed by atoms with Crippen LogP contribution in [0.3, 0.4) is 0 Å². The lowest BCUT2D eigenvalue weighted by Gasteiger charge is -2.13. The van der Waals surface area contributed by atoms with E-state index in [1.807, 2.05) is 20.8 Å². The molecule has 2 aromatic heterocycles. The molecule has 0 unspecified atom stereocenters. The summed E-state index contributed by atoms with van der Waals surface area (Å²) >= 11 is 0. The van der Waals surface area contributed by atoms with Gasteiger partial charge in [0.25, 0.3) is 0 Å². The highest BCUT2D eigenvalue weighted by atomic mass is 19.4. The minimum absolute atomic E-state index is 0.0428. The summed E-state index contributed by atoms with van der Waals surface area (Å²) in [5.41, 5.74) is 1.79. The fourth-order valence-electron chi connectivity index (χ4n) is 3.35. The van der Waals surface area contributed by atoms with Crippen molar-refractivity contribution in [2.24, 2.45) is 7.05 Å². The van der Waals surface area contributed by atoms with Crippen LogP contribution < -0.4 is 4.84 Å². The molecule has 0 radical (unpaired) electrons.